The van der Waals surface area contributed by atoms with Crippen molar-refractivity contribution in [3.05, 3.63) is 35.4 Å². The van der Waals surface area contributed by atoms with E-state index in [0.29, 0.717) is 0 Å². The van der Waals surface area contributed by atoms with Gasteiger partial charge in [0.25, 0.3) is 0 Å². The van der Waals surface area contributed by atoms with Crippen LogP contribution >= 0.6 is 0 Å². The molecule has 0 unspecified atom stereocenters. The molecule has 0 bridgehead atoms. The van der Waals surface area contributed by atoms with Gasteiger partial charge >= 0.3 is 0 Å². The first kappa shape index (κ1) is 10.3. The average molecular weight is 177 g/mol. The van der Waals surface area contributed by atoms with E-state index >= 15 is 0 Å². The lowest BCUT2D eigenvalue weighted by atomic mass is 10.1. The van der Waals surface area contributed by atoms with Crippen molar-refractivity contribution in [2.75, 3.05) is 6.54 Å². The van der Waals surface area contributed by atoms with Crippen molar-refractivity contribution in [1.29, 1.82) is 0 Å². The molecule has 72 valence electrons. The van der Waals surface area contributed by atoms with E-state index in [9.17, 15) is 0 Å². The summed E-state index contributed by atoms with van der Waals surface area (Å²) < 4.78 is 0. The van der Waals surface area contributed by atoms with E-state index in [1.54, 1.807) is 0 Å². The first-order valence-electron chi connectivity index (χ1n) is 5.19. The Hall–Kier alpha value is -0.820. The zero-order valence-electron chi connectivity index (χ0n) is 8.88. The van der Waals surface area contributed by atoms with E-state index in [0.717, 1.165) is 19.6 Å². The van der Waals surface area contributed by atoms with Crippen LogP contribution in [0.1, 0.15) is 31.9 Å². The van der Waals surface area contributed by atoms with Gasteiger partial charge in [0, 0.05) is 13.1 Å². The highest BCUT2D eigenvalue weighted by Crippen LogP contribution is 2.21. The smallest absolute Gasteiger partial charge is 0.0240 e. The quantitative estimate of drug-likeness (QED) is 0.637. The summed E-state index contributed by atoms with van der Waals surface area (Å²) in [6.45, 7) is 9.67. The molecular formula is C12H19N. The summed E-state index contributed by atoms with van der Waals surface area (Å²) in [4.78, 5) is 2.45. The van der Waals surface area contributed by atoms with Gasteiger partial charge in [-0.15, -0.1) is 0 Å². The van der Waals surface area contributed by atoms with Gasteiger partial charge in [0.05, 0.1) is 0 Å². The van der Waals surface area contributed by atoms with E-state index in [4.69, 9.17) is 0 Å². The highest BCUT2D eigenvalue weighted by molar-refractivity contribution is 5.29. The first-order chi connectivity index (χ1) is 6.40. The summed E-state index contributed by atoms with van der Waals surface area (Å²) in [5.41, 5.74) is 3.02. The lowest BCUT2D eigenvalue weighted by Gasteiger charge is -2.09. The van der Waals surface area contributed by atoms with Crippen molar-refractivity contribution < 1.29 is 0 Å². The minimum absolute atomic E-state index is 1.15. The molecule has 0 aliphatic carbocycles. The van der Waals surface area contributed by atoms with Gasteiger partial charge in [-0.2, -0.15) is 0 Å². The van der Waals surface area contributed by atoms with Gasteiger partial charge in [0.1, 0.15) is 0 Å². The number of benzene rings is 1. The van der Waals surface area contributed by atoms with E-state index in [2.05, 4.69) is 36.1 Å². The van der Waals surface area contributed by atoms with Crippen LogP contribution in [0.4, 0.5) is 0 Å². The van der Waals surface area contributed by atoms with Crippen molar-refractivity contribution >= 4 is 0 Å². The van der Waals surface area contributed by atoms with Gasteiger partial charge in [0.2, 0.25) is 0 Å². The number of nitrogens with zero attached hydrogens (tertiary/aromatic N) is 1. The average Bonchev–Trinajstić information content (AvgIpc) is 2.63. The molecule has 1 aromatic carbocycles. The molecule has 2 rings (SSSR count). The predicted molar refractivity (Wildman–Crippen MR) is 57.6 cm³/mol. The van der Waals surface area contributed by atoms with Crippen LogP contribution in [0.2, 0.25) is 0 Å². The maximum Gasteiger partial charge on any atom is 0.0240 e. The molecule has 0 saturated carbocycles. The molecular weight excluding hydrogens is 158 g/mol. The second-order valence-corrected chi connectivity index (χ2v) is 3.07. The molecule has 13 heavy (non-hydrogen) atoms. The van der Waals surface area contributed by atoms with E-state index < -0.39 is 0 Å². The maximum atomic E-state index is 2.45. The Bertz CT molecular complexity index is 230. The Morgan fingerprint density at radius 1 is 1.08 bits per heavy atom. The Kier molecular flexibility index (Phi) is 3.97. The monoisotopic (exact) mass is 177 g/mol. The fraction of sp³-hybridized carbons (Fsp3) is 0.500. The van der Waals surface area contributed by atoms with Crippen LogP contribution in [-0.2, 0) is 13.1 Å². The highest BCUT2D eigenvalue weighted by Gasteiger charge is 2.15. The second kappa shape index (κ2) is 5.03. The summed E-state index contributed by atoms with van der Waals surface area (Å²) in [5.74, 6) is 0. The lowest BCUT2D eigenvalue weighted by molar-refractivity contribution is 0.301. The standard InChI is InChI=1S/C10H13N.C2H6/c1-2-11-7-9-5-3-4-6-10(9)8-11;1-2/h3-6H,2,7-8H2,1H3;1-2H3. The molecule has 0 radical (unpaired) electrons. The fourth-order valence-corrected chi connectivity index (χ4v) is 1.63. The van der Waals surface area contributed by atoms with Gasteiger partial charge in [-0.25, -0.2) is 0 Å². The molecule has 1 nitrogen and oxygen atoms in total. The maximum absolute atomic E-state index is 2.45. The van der Waals surface area contributed by atoms with Gasteiger partial charge in [0.15, 0.2) is 0 Å². The van der Waals surface area contributed by atoms with E-state index in [-0.39, 0.29) is 0 Å². The zero-order chi connectivity index (χ0) is 9.68. The number of fused-ring (bicyclic) bond motifs is 1. The van der Waals surface area contributed by atoms with Crippen LogP contribution in [0.5, 0.6) is 0 Å². The zero-order valence-corrected chi connectivity index (χ0v) is 8.88. The van der Waals surface area contributed by atoms with Gasteiger partial charge < -0.3 is 0 Å². The fourth-order valence-electron chi connectivity index (χ4n) is 1.63. The third-order valence-electron chi connectivity index (χ3n) is 2.35. The molecule has 1 aliphatic rings. The number of hydrogen-bond donors (Lipinski definition) is 0. The predicted octanol–water partition coefficient (Wildman–Crippen LogP) is 3.05. The Labute approximate surface area is 81.4 Å². The summed E-state index contributed by atoms with van der Waals surface area (Å²) in [5, 5.41) is 0. The second-order valence-electron chi connectivity index (χ2n) is 3.07. The van der Waals surface area contributed by atoms with Crippen LogP contribution in [0.3, 0.4) is 0 Å². The molecule has 0 aromatic heterocycles. The van der Waals surface area contributed by atoms with Crippen molar-refractivity contribution in [1.82, 2.24) is 4.90 Å². The summed E-state index contributed by atoms with van der Waals surface area (Å²) in [7, 11) is 0. The molecule has 0 amide bonds. The Balaban J connectivity index is 0.000000396. The van der Waals surface area contributed by atoms with Crippen molar-refractivity contribution in [2.45, 2.75) is 33.9 Å². The van der Waals surface area contributed by atoms with Gasteiger partial charge in [-0.1, -0.05) is 45.0 Å². The van der Waals surface area contributed by atoms with Gasteiger partial charge in [-0.3, -0.25) is 4.90 Å². The van der Waals surface area contributed by atoms with E-state index in [1.807, 2.05) is 13.8 Å². The Morgan fingerprint density at radius 2 is 1.54 bits per heavy atom. The van der Waals surface area contributed by atoms with Crippen molar-refractivity contribution in [3.8, 4) is 0 Å². The molecule has 0 spiro atoms. The molecule has 0 fully saturated rings. The molecule has 0 atom stereocenters. The molecule has 0 saturated heterocycles. The first-order valence-corrected chi connectivity index (χ1v) is 5.19. The minimum atomic E-state index is 1.15. The van der Waals surface area contributed by atoms with Crippen LogP contribution in [-0.4, -0.2) is 11.4 Å². The third kappa shape index (κ3) is 2.31. The summed E-state index contributed by atoms with van der Waals surface area (Å²) in [6.07, 6.45) is 0. The lowest BCUT2D eigenvalue weighted by Crippen LogP contribution is -2.14. The van der Waals surface area contributed by atoms with Crippen LogP contribution in [0, 0.1) is 0 Å². The number of hydrogen-bond acceptors (Lipinski definition) is 1. The minimum Gasteiger partial charge on any atom is -0.295 e. The molecule has 1 heteroatoms. The number of rotatable bonds is 1. The SMILES string of the molecule is CC.CCN1Cc2ccccc2C1. The highest BCUT2D eigenvalue weighted by atomic mass is 15.1. The molecule has 1 heterocycles. The van der Waals surface area contributed by atoms with Crippen LogP contribution in [0.15, 0.2) is 24.3 Å². The third-order valence-corrected chi connectivity index (χ3v) is 2.35. The van der Waals surface area contributed by atoms with Crippen molar-refractivity contribution in [3.63, 3.8) is 0 Å². The van der Waals surface area contributed by atoms with Crippen LogP contribution in [0.25, 0.3) is 0 Å². The summed E-state index contributed by atoms with van der Waals surface area (Å²) >= 11 is 0. The Morgan fingerprint density at radius 3 is 1.92 bits per heavy atom. The normalized spacial score (nSPS) is 14.7. The van der Waals surface area contributed by atoms with E-state index in [1.165, 1.54) is 11.1 Å². The van der Waals surface area contributed by atoms with Gasteiger partial charge in [-0.05, 0) is 17.7 Å². The van der Waals surface area contributed by atoms with Crippen molar-refractivity contribution in [2.24, 2.45) is 0 Å². The summed E-state index contributed by atoms with van der Waals surface area (Å²) in [6, 6.07) is 8.70. The molecule has 1 aliphatic heterocycles. The molecule has 1 aromatic rings. The topological polar surface area (TPSA) is 3.24 Å². The van der Waals surface area contributed by atoms with Crippen LogP contribution < -0.4 is 0 Å². The largest absolute Gasteiger partial charge is 0.295 e. The molecule has 0 N–H and O–H groups in total.